The molecule has 354 valence electrons. The first-order chi connectivity index (χ1) is 34.6. The van der Waals surface area contributed by atoms with Crippen LogP contribution in [-0.4, -0.2) is 9.55 Å². The van der Waals surface area contributed by atoms with Gasteiger partial charge in [0.2, 0.25) is 0 Å². The molecule has 0 atom stereocenters. The monoisotopic (exact) mass is 1120 g/mol. The second-order valence-electron chi connectivity index (χ2n) is 18.8. The predicted molar refractivity (Wildman–Crippen MR) is 285 cm³/mol. The van der Waals surface area contributed by atoms with Crippen LogP contribution in [0.3, 0.4) is 0 Å². The zero-order valence-electron chi connectivity index (χ0n) is 39.6. The van der Waals surface area contributed by atoms with Gasteiger partial charge in [-0.15, -0.1) is 53.6 Å². The molecule has 8 heteroatoms. The third kappa shape index (κ3) is 8.64. The van der Waals surface area contributed by atoms with Gasteiger partial charge in [-0.3, -0.25) is 0 Å². The zero-order valence-corrected chi connectivity index (χ0v) is 41.8. The van der Waals surface area contributed by atoms with Crippen molar-refractivity contribution in [1.29, 1.82) is 0 Å². The van der Waals surface area contributed by atoms with Crippen molar-refractivity contribution in [2.75, 3.05) is 9.80 Å². The van der Waals surface area contributed by atoms with Crippen molar-refractivity contribution in [2.24, 2.45) is 0 Å². The number of hydrogen-bond acceptors (Lipinski definition) is 4. The molecule has 11 aromatic rings. The van der Waals surface area contributed by atoms with Crippen molar-refractivity contribution in [3.63, 3.8) is 0 Å². The van der Waals surface area contributed by atoms with E-state index in [0.29, 0.717) is 28.3 Å². The maximum Gasteiger partial charge on any atom is 0.135 e. The van der Waals surface area contributed by atoms with Gasteiger partial charge in [-0.05, 0) is 86.6 Å². The fourth-order valence-corrected chi connectivity index (χ4v) is 9.74. The van der Waals surface area contributed by atoms with Crippen molar-refractivity contribution >= 4 is 44.6 Å². The molecule has 0 N–H and O–H groups in total. The summed E-state index contributed by atoms with van der Waals surface area (Å²) >= 11 is 0. The number of anilines is 4. The molecule has 12 rings (SSSR count). The van der Waals surface area contributed by atoms with E-state index in [0.717, 1.165) is 84.1 Å². The van der Waals surface area contributed by atoms with Crippen LogP contribution in [0, 0.1) is 30.4 Å². The van der Waals surface area contributed by atoms with Crippen LogP contribution in [0.5, 0.6) is 11.5 Å². The summed E-state index contributed by atoms with van der Waals surface area (Å²) in [5.41, 5.74) is 13.3. The number of fused-ring (bicyclic) bond motifs is 4. The minimum atomic E-state index is -0.650. The number of halogens is 2. The van der Waals surface area contributed by atoms with Crippen molar-refractivity contribution in [3.8, 4) is 61.8 Å². The van der Waals surface area contributed by atoms with Gasteiger partial charge in [-0.1, -0.05) is 160 Å². The molecule has 9 aromatic carbocycles. The van der Waals surface area contributed by atoms with Gasteiger partial charge in [0.15, 0.2) is 0 Å². The fourth-order valence-electron chi connectivity index (χ4n) is 9.74. The van der Waals surface area contributed by atoms with Crippen molar-refractivity contribution in [2.45, 2.75) is 26.2 Å². The van der Waals surface area contributed by atoms with E-state index in [9.17, 15) is 0 Å². The Morgan fingerprint density at radius 3 is 1.82 bits per heavy atom. The maximum absolute atomic E-state index is 15.0. The molecule has 72 heavy (non-hydrogen) atoms. The average molecular weight is 1120 g/mol. The molecule has 0 radical (unpaired) electrons. The number of nitrogens with zero attached hydrogens (tertiary/aromatic N) is 4. The third-order valence-corrected chi connectivity index (χ3v) is 13.2. The van der Waals surface area contributed by atoms with E-state index in [1.54, 1.807) is 0 Å². The van der Waals surface area contributed by atoms with Gasteiger partial charge in [0.1, 0.15) is 17.5 Å². The molecule has 0 spiro atoms. The standard InChI is InChI=1S/C64H45F2N4O.Pt/c1-64(2,3)48-31-32-67-62(37-48)70-58-22-11-10-19-56(58)57-30-29-52(40-61(57)70)71-53-36-46(44-27-25-43(26-28-44)42-15-6-4-7-16-42)35-51(39-53)68-41-69(60-24-13-12-23-59(60)68)63-54(45-17-8-5-9-18-45)20-14-21-55(63)47-33-49(65)38-50(66)34-47;/h4-38,41H,1-3H3;/q-3;. The Bertz CT molecular complexity index is 3770. The number of rotatable bonds is 9. The van der Waals surface area contributed by atoms with Crippen LogP contribution < -0.4 is 14.5 Å². The summed E-state index contributed by atoms with van der Waals surface area (Å²) in [6, 6.07) is 74.7. The molecule has 0 saturated carbocycles. The Balaban J connectivity index is 0.00000560. The minimum absolute atomic E-state index is 0. The second-order valence-corrected chi connectivity index (χ2v) is 18.8. The molecular formula is C64H45F2N4OPt-3. The van der Waals surface area contributed by atoms with Crippen LogP contribution in [0.4, 0.5) is 31.5 Å². The summed E-state index contributed by atoms with van der Waals surface area (Å²) in [4.78, 5) is 9.09. The van der Waals surface area contributed by atoms with Gasteiger partial charge in [0.25, 0.3) is 0 Å². The molecule has 5 nitrogen and oxygen atoms in total. The Morgan fingerprint density at radius 2 is 1.11 bits per heavy atom. The molecule has 1 aliphatic heterocycles. The largest absolute Gasteiger partial charge is 0.509 e. The van der Waals surface area contributed by atoms with E-state index in [2.05, 4.69) is 138 Å². The second kappa shape index (κ2) is 18.9. The van der Waals surface area contributed by atoms with E-state index in [1.165, 1.54) is 17.7 Å². The van der Waals surface area contributed by atoms with Gasteiger partial charge in [-0.25, -0.2) is 13.8 Å². The van der Waals surface area contributed by atoms with Crippen LogP contribution in [0.15, 0.2) is 212 Å². The van der Waals surface area contributed by atoms with E-state index in [4.69, 9.17) is 9.72 Å². The number of aromatic nitrogens is 2. The molecule has 1 aliphatic rings. The van der Waals surface area contributed by atoms with Crippen molar-refractivity contribution in [1.82, 2.24) is 9.55 Å². The summed E-state index contributed by atoms with van der Waals surface area (Å²) in [7, 11) is 0. The number of hydrogen-bond donors (Lipinski definition) is 0. The molecule has 0 aliphatic carbocycles. The Kier molecular flexibility index (Phi) is 12.1. The zero-order chi connectivity index (χ0) is 48.2. The van der Waals surface area contributed by atoms with Gasteiger partial charge in [0, 0.05) is 78.5 Å². The summed E-state index contributed by atoms with van der Waals surface area (Å²) in [6.45, 7) is 8.65. The van der Waals surface area contributed by atoms with Crippen LogP contribution in [0.2, 0.25) is 0 Å². The third-order valence-electron chi connectivity index (χ3n) is 13.2. The summed E-state index contributed by atoms with van der Waals surface area (Å²) in [5, 5.41) is 2.13. The van der Waals surface area contributed by atoms with Crippen molar-refractivity contribution in [3.05, 3.63) is 248 Å². The van der Waals surface area contributed by atoms with Gasteiger partial charge >= 0.3 is 0 Å². The molecule has 0 fully saturated rings. The van der Waals surface area contributed by atoms with Crippen molar-refractivity contribution < 1.29 is 34.6 Å². The Morgan fingerprint density at radius 1 is 0.500 bits per heavy atom. The fraction of sp³-hybridized carbons (Fsp3) is 0.0625. The number of ether oxygens (including phenoxy) is 1. The van der Waals surface area contributed by atoms with Crippen LogP contribution in [-0.2, 0) is 26.5 Å². The summed E-state index contributed by atoms with van der Waals surface area (Å²) in [5.74, 6) is 0.510. The van der Waals surface area contributed by atoms with Gasteiger partial charge in [-0.2, -0.15) is 6.07 Å². The Labute approximate surface area is 432 Å². The molecule has 0 unspecified atom stereocenters. The van der Waals surface area contributed by atoms with Crippen LogP contribution >= 0.6 is 0 Å². The molecule has 2 aromatic heterocycles. The average Bonchev–Trinajstić information content (AvgIpc) is 3.94. The molecule has 0 saturated heterocycles. The Hall–Kier alpha value is -8.12. The number of benzene rings is 9. The van der Waals surface area contributed by atoms with Crippen LogP contribution in [0.1, 0.15) is 26.3 Å². The summed E-state index contributed by atoms with van der Waals surface area (Å²) in [6.07, 6.45) is 1.88. The summed E-state index contributed by atoms with van der Waals surface area (Å²) < 4.78 is 39.1. The maximum atomic E-state index is 15.0. The first kappa shape index (κ1) is 46.3. The van der Waals surface area contributed by atoms with E-state index in [1.807, 2.05) is 110 Å². The van der Waals surface area contributed by atoms with Gasteiger partial charge in [0.05, 0.1) is 0 Å². The molecular weight excluding hydrogens is 1070 g/mol. The van der Waals surface area contributed by atoms with E-state index in [-0.39, 0.29) is 26.5 Å². The number of pyridine rings is 1. The number of para-hydroxylation sites is 4. The SMILES string of the molecule is CC(C)(C)c1ccnc(-n2c3[c-]c(Oc4[c-]c(N5[CH-]N(c6c(-c7ccccc7)cccc6-c6cc(F)cc(F)c6)c6ccccc65)cc(-c5ccc(-c6ccccc6)cc5)c4)ccc3c3ccccc32)c1.[Pt]. The van der Waals surface area contributed by atoms with E-state index >= 15 is 8.78 Å². The quantitative estimate of drug-likeness (QED) is 0.135. The smallest absolute Gasteiger partial charge is 0.135 e. The first-order valence-electron chi connectivity index (χ1n) is 23.6. The van der Waals surface area contributed by atoms with Crippen LogP contribution in [0.25, 0.3) is 72.1 Å². The van der Waals surface area contributed by atoms with E-state index < -0.39 is 11.6 Å². The van der Waals surface area contributed by atoms with Gasteiger partial charge < -0.3 is 19.1 Å². The first-order valence-corrected chi connectivity index (χ1v) is 23.6. The normalized spacial score (nSPS) is 12.3. The molecule has 0 amide bonds. The minimum Gasteiger partial charge on any atom is -0.509 e. The molecule has 3 heterocycles. The molecule has 0 bridgehead atoms. The predicted octanol–water partition coefficient (Wildman–Crippen LogP) is 17.2. The topological polar surface area (TPSA) is 33.5 Å².